The first-order chi connectivity index (χ1) is 10.1. The molecule has 0 heterocycles. The lowest BCUT2D eigenvalue weighted by molar-refractivity contribution is -0.114. The molecule has 0 aliphatic rings. The molecule has 0 saturated carbocycles. The Labute approximate surface area is 122 Å². The van der Waals surface area contributed by atoms with Gasteiger partial charge >= 0.3 is 0 Å². The minimum atomic E-state index is -0.485. The zero-order valence-electron chi connectivity index (χ0n) is 11.5. The third-order valence-corrected chi connectivity index (χ3v) is 2.88. The number of amides is 1. The molecular weight excluding hydrogens is 269 g/mol. The first-order valence-electron chi connectivity index (χ1n) is 6.38. The van der Waals surface area contributed by atoms with Crippen molar-refractivity contribution < 1.29 is 9.18 Å². The van der Waals surface area contributed by atoms with E-state index in [0.29, 0.717) is 11.4 Å². The number of carbonyl (C=O) groups excluding carboxylic acids is 1. The number of anilines is 2. The van der Waals surface area contributed by atoms with Crippen LogP contribution >= 0.6 is 0 Å². The van der Waals surface area contributed by atoms with Gasteiger partial charge in [0.1, 0.15) is 11.9 Å². The fourth-order valence-electron chi connectivity index (χ4n) is 1.78. The fraction of sp³-hybridized carbons (Fsp3) is 0.125. The summed E-state index contributed by atoms with van der Waals surface area (Å²) in [5, 5.41) is 14.5. The van der Waals surface area contributed by atoms with Gasteiger partial charge in [0, 0.05) is 5.69 Å². The zero-order valence-corrected chi connectivity index (χ0v) is 11.5. The molecule has 2 N–H and O–H groups in total. The van der Waals surface area contributed by atoms with Gasteiger partial charge in [0.2, 0.25) is 5.91 Å². The van der Waals surface area contributed by atoms with Crippen LogP contribution in [-0.4, -0.2) is 12.5 Å². The van der Waals surface area contributed by atoms with E-state index in [0.717, 1.165) is 11.6 Å². The van der Waals surface area contributed by atoms with Crippen LogP contribution in [0.3, 0.4) is 0 Å². The lowest BCUT2D eigenvalue weighted by Crippen LogP contribution is -2.22. The molecule has 5 heteroatoms. The van der Waals surface area contributed by atoms with Gasteiger partial charge < -0.3 is 10.6 Å². The maximum atomic E-state index is 13.0. The maximum Gasteiger partial charge on any atom is 0.243 e. The van der Waals surface area contributed by atoms with Crippen molar-refractivity contribution in [3.05, 3.63) is 59.4 Å². The largest absolute Gasteiger partial charge is 0.375 e. The predicted molar refractivity (Wildman–Crippen MR) is 79.4 cm³/mol. The van der Waals surface area contributed by atoms with Crippen LogP contribution < -0.4 is 10.6 Å². The van der Waals surface area contributed by atoms with Crippen molar-refractivity contribution in [2.45, 2.75) is 6.92 Å². The summed E-state index contributed by atoms with van der Waals surface area (Å²) in [6.45, 7) is 1.96. The van der Waals surface area contributed by atoms with Crippen LogP contribution in [0.2, 0.25) is 0 Å². The van der Waals surface area contributed by atoms with E-state index < -0.39 is 5.82 Å². The zero-order chi connectivity index (χ0) is 15.2. The molecule has 0 aliphatic carbocycles. The van der Waals surface area contributed by atoms with Crippen molar-refractivity contribution in [2.24, 2.45) is 0 Å². The molecule has 21 heavy (non-hydrogen) atoms. The summed E-state index contributed by atoms with van der Waals surface area (Å²) in [6.07, 6.45) is 0. The quantitative estimate of drug-likeness (QED) is 0.906. The lowest BCUT2D eigenvalue weighted by atomic mass is 10.2. The van der Waals surface area contributed by atoms with E-state index >= 15 is 0 Å². The summed E-state index contributed by atoms with van der Waals surface area (Å²) in [6, 6.07) is 13.1. The molecule has 2 rings (SSSR count). The number of nitrogens with one attached hydrogen (secondary N) is 2. The van der Waals surface area contributed by atoms with Gasteiger partial charge in [-0.15, -0.1) is 0 Å². The highest BCUT2D eigenvalue weighted by atomic mass is 19.1. The monoisotopic (exact) mass is 283 g/mol. The summed E-state index contributed by atoms with van der Waals surface area (Å²) in [5.41, 5.74) is 2.40. The number of nitriles is 1. The maximum absolute atomic E-state index is 13.0. The van der Waals surface area contributed by atoms with E-state index in [2.05, 4.69) is 10.6 Å². The molecule has 0 bridgehead atoms. The number of nitrogens with zero attached hydrogens (tertiary/aromatic N) is 1. The SMILES string of the molecule is Cc1ccc(NC(=O)CNc2ccc(F)cc2C#N)cc1. The summed E-state index contributed by atoms with van der Waals surface area (Å²) < 4.78 is 13.0. The number of hydrogen-bond donors (Lipinski definition) is 2. The van der Waals surface area contributed by atoms with Crippen molar-refractivity contribution in [2.75, 3.05) is 17.2 Å². The highest BCUT2D eigenvalue weighted by Crippen LogP contribution is 2.15. The highest BCUT2D eigenvalue weighted by molar-refractivity contribution is 5.93. The molecule has 0 fully saturated rings. The highest BCUT2D eigenvalue weighted by Gasteiger charge is 2.06. The van der Waals surface area contributed by atoms with Crippen LogP contribution in [0.5, 0.6) is 0 Å². The van der Waals surface area contributed by atoms with Crippen LogP contribution in [0.25, 0.3) is 0 Å². The van der Waals surface area contributed by atoms with Crippen LogP contribution in [0.1, 0.15) is 11.1 Å². The van der Waals surface area contributed by atoms with Crippen LogP contribution in [0.4, 0.5) is 15.8 Å². The van der Waals surface area contributed by atoms with Crippen molar-refractivity contribution in [1.82, 2.24) is 0 Å². The van der Waals surface area contributed by atoms with Gasteiger partial charge in [0.15, 0.2) is 0 Å². The van der Waals surface area contributed by atoms with E-state index in [1.807, 2.05) is 37.3 Å². The van der Waals surface area contributed by atoms with Crippen molar-refractivity contribution in [3.63, 3.8) is 0 Å². The third-order valence-electron chi connectivity index (χ3n) is 2.88. The Morgan fingerprint density at radius 2 is 1.95 bits per heavy atom. The second-order valence-corrected chi connectivity index (χ2v) is 4.57. The number of rotatable bonds is 4. The van der Waals surface area contributed by atoms with Gasteiger partial charge in [0.25, 0.3) is 0 Å². The molecule has 4 nitrogen and oxygen atoms in total. The lowest BCUT2D eigenvalue weighted by Gasteiger charge is -2.09. The smallest absolute Gasteiger partial charge is 0.243 e. The number of aryl methyl sites for hydroxylation is 1. The molecule has 2 aromatic carbocycles. The standard InChI is InChI=1S/C16H14FN3O/c1-11-2-5-14(6-3-11)20-16(21)10-19-15-7-4-13(17)8-12(15)9-18/h2-8,19H,10H2,1H3,(H,20,21). The van der Waals surface area contributed by atoms with Crippen LogP contribution in [-0.2, 0) is 4.79 Å². The average molecular weight is 283 g/mol. The number of halogens is 1. The van der Waals surface area contributed by atoms with E-state index in [4.69, 9.17) is 5.26 Å². The number of benzene rings is 2. The number of carbonyl (C=O) groups is 1. The molecule has 0 saturated heterocycles. The molecule has 0 spiro atoms. The topological polar surface area (TPSA) is 64.9 Å². The van der Waals surface area contributed by atoms with Crippen LogP contribution in [0, 0.1) is 24.1 Å². The summed E-state index contributed by atoms with van der Waals surface area (Å²) >= 11 is 0. The third kappa shape index (κ3) is 4.05. The van der Waals surface area contributed by atoms with Crippen molar-refractivity contribution >= 4 is 17.3 Å². The summed E-state index contributed by atoms with van der Waals surface area (Å²) in [5.74, 6) is -0.728. The Kier molecular flexibility index (Phi) is 4.52. The molecule has 0 unspecified atom stereocenters. The van der Waals surface area contributed by atoms with Gasteiger partial charge in [-0.2, -0.15) is 5.26 Å². The summed E-state index contributed by atoms with van der Waals surface area (Å²) in [7, 11) is 0. The Morgan fingerprint density at radius 3 is 2.62 bits per heavy atom. The Morgan fingerprint density at radius 1 is 1.24 bits per heavy atom. The van der Waals surface area contributed by atoms with E-state index in [9.17, 15) is 9.18 Å². The van der Waals surface area contributed by atoms with Gasteiger partial charge in [-0.25, -0.2) is 4.39 Å². The molecule has 0 atom stereocenters. The molecule has 1 amide bonds. The second-order valence-electron chi connectivity index (χ2n) is 4.57. The van der Waals surface area contributed by atoms with Gasteiger partial charge in [-0.3, -0.25) is 4.79 Å². The number of hydrogen-bond acceptors (Lipinski definition) is 3. The molecule has 2 aromatic rings. The van der Waals surface area contributed by atoms with E-state index in [1.165, 1.54) is 12.1 Å². The second kappa shape index (κ2) is 6.53. The van der Waals surface area contributed by atoms with Gasteiger partial charge in [0.05, 0.1) is 17.8 Å². The van der Waals surface area contributed by atoms with Crippen molar-refractivity contribution in [3.8, 4) is 6.07 Å². The Bertz CT molecular complexity index is 690. The Balaban J connectivity index is 1.95. The average Bonchev–Trinajstić information content (AvgIpc) is 2.48. The van der Waals surface area contributed by atoms with E-state index in [-0.39, 0.29) is 18.0 Å². The predicted octanol–water partition coefficient (Wildman–Crippen LogP) is 3.06. The minimum absolute atomic E-state index is 0.00577. The van der Waals surface area contributed by atoms with Crippen molar-refractivity contribution in [1.29, 1.82) is 5.26 Å². The first kappa shape index (κ1) is 14.5. The normalized spacial score (nSPS) is 9.76. The van der Waals surface area contributed by atoms with E-state index in [1.54, 1.807) is 0 Å². The molecule has 0 radical (unpaired) electrons. The van der Waals surface area contributed by atoms with Crippen LogP contribution in [0.15, 0.2) is 42.5 Å². The molecule has 0 aromatic heterocycles. The molecular formula is C16H14FN3O. The fourth-order valence-corrected chi connectivity index (χ4v) is 1.78. The van der Waals surface area contributed by atoms with Gasteiger partial charge in [-0.1, -0.05) is 17.7 Å². The minimum Gasteiger partial charge on any atom is -0.375 e. The summed E-state index contributed by atoms with van der Waals surface area (Å²) in [4.78, 5) is 11.8. The molecule has 0 aliphatic heterocycles. The van der Waals surface area contributed by atoms with Gasteiger partial charge in [-0.05, 0) is 37.3 Å². The Hall–Kier alpha value is -2.87. The first-order valence-corrected chi connectivity index (χ1v) is 6.38. The molecule has 106 valence electrons.